The molecule has 2 amide bonds. The fourth-order valence-corrected chi connectivity index (χ4v) is 5.44. The average Bonchev–Trinajstić information content (AvgIpc) is 3.37. The van der Waals surface area contributed by atoms with Crippen molar-refractivity contribution in [3.05, 3.63) is 71.3 Å². The highest BCUT2D eigenvalue weighted by Gasteiger charge is 2.62. The van der Waals surface area contributed by atoms with E-state index in [4.69, 9.17) is 11.1 Å². The first-order valence-electron chi connectivity index (χ1n) is 10.2. The number of rotatable bonds is 4. The molecule has 3 N–H and O–H groups in total. The lowest BCUT2D eigenvalue weighted by Gasteiger charge is -2.29. The van der Waals surface area contributed by atoms with Gasteiger partial charge in [0, 0.05) is 17.6 Å². The summed E-state index contributed by atoms with van der Waals surface area (Å²) in [4.78, 5) is 30.5. The van der Waals surface area contributed by atoms with Gasteiger partial charge in [-0.1, -0.05) is 54.6 Å². The first-order valence-corrected chi connectivity index (χ1v) is 10.2. The summed E-state index contributed by atoms with van der Waals surface area (Å²) in [7, 11) is 0. The van der Waals surface area contributed by atoms with E-state index in [0.29, 0.717) is 12.1 Å². The number of likely N-dealkylation sites (tertiary alicyclic amines) is 1. The van der Waals surface area contributed by atoms with Gasteiger partial charge in [0.05, 0.1) is 18.4 Å². The van der Waals surface area contributed by atoms with Crippen molar-refractivity contribution in [2.75, 3.05) is 6.54 Å². The second-order valence-electron chi connectivity index (χ2n) is 8.23. The summed E-state index contributed by atoms with van der Waals surface area (Å²) in [5.74, 6) is -0.644. The van der Waals surface area contributed by atoms with Crippen molar-refractivity contribution in [3.8, 4) is 0 Å². The number of hydrogen-bond acceptors (Lipinski definition) is 4. The van der Waals surface area contributed by atoms with Crippen molar-refractivity contribution in [1.29, 1.82) is 5.41 Å². The molecule has 6 nitrogen and oxygen atoms in total. The minimum atomic E-state index is -0.334. The van der Waals surface area contributed by atoms with Crippen LogP contribution < -0.4 is 5.73 Å². The molecule has 2 aromatic carbocycles. The lowest BCUT2D eigenvalue weighted by Crippen LogP contribution is -2.38. The van der Waals surface area contributed by atoms with E-state index in [-0.39, 0.29) is 54.0 Å². The predicted molar refractivity (Wildman–Crippen MR) is 116 cm³/mol. The minimum absolute atomic E-state index is 0. The zero-order valence-corrected chi connectivity index (χ0v) is 17.3. The largest absolute Gasteiger partial charge is 0.384 e. The maximum absolute atomic E-state index is 13.4. The fourth-order valence-electron chi connectivity index (χ4n) is 5.44. The second kappa shape index (κ2) is 7.85. The first-order chi connectivity index (χ1) is 14.1. The van der Waals surface area contributed by atoms with Crippen LogP contribution in [0.25, 0.3) is 0 Å². The zero-order valence-electron chi connectivity index (χ0n) is 16.5. The quantitative estimate of drug-likeness (QED) is 0.448. The highest BCUT2D eigenvalue weighted by Crippen LogP contribution is 2.53. The second-order valence-corrected chi connectivity index (χ2v) is 8.23. The first kappa shape index (κ1) is 20.6. The van der Waals surface area contributed by atoms with Crippen LogP contribution in [0.5, 0.6) is 0 Å². The highest BCUT2D eigenvalue weighted by molar-refractivity contribution is 6.06. The van der Waals surface area contributed by atoms with Gasteiger partial charge in [0.2, 0.25) is 11.8 Å². The Morgan fingerprint density at radius 1 is 1.00 bits per heavy atom. The van der Waals surface area contributed by atoms with Gasteiger partial charge in [-0.05, 0) is 30.5 Å². The van der Waals surface area contributed by atoms with E-state index in [1.165, 1.54) is 4.90 Å². The lowest BCUT2D eigenvalue weighted by atomic mass is 9.85. The topological polar surface area (TPSA) is 90.5 Å². The number of hydrogen-bond donors (Lipinski definition) is 2. The molecule has 0 radical (unpaired) electrons. The number of carbonyl (C=O) groups is 2. The van der Waals surface area contributed by atoms with Crippen molar-refractivity contribution < 1.29 is 9.59 Å². The molecule has 3 aliphatic rings. The number of nitrogens with zero attached hydrogens (tertiary/aromatic N) is 2. The molecule has 3 fully saturated rings. The van der Waals surface area contributed by atoms with Gasteiger partial charge in [-0.25, -0.2) is 0 Å². The molecular formula is C23H25ClN4O2. The van der Waals surface area contributed by atoms with Crippen LogP contribution in [-0.2, 0) is 16.1 Å². The monoisotopic (exact) mass is 424 g/mol. The Morgan fingerprint density at radius 3 is 2.33 bits per heavy atom. The maximum atomic E-state index is 13.4. The Balaban J connectivity index is 0.00000218. The van der Waals surface area contributed by atoms with E-state index >= 15 is 0 Å². The minimum Gasteiger partial charge on any atom is -0.384 e. The Hall–Kier alpha value is -2.70. The fraction of sp³-hybridized carbons (Fsp3) is 0.348. The molecule has 5 rings (SSSR count). The van der Waals surface area contributed by atoms with Crippen LogP contribution in [0.15, 0.2) is 54.6 Å². The van der Waals surface area contributed by atoms with E-state index in [9.17, 15) is 9.59 Å². The summed E-state index contributed by atoms with van der Waals surface area (Å²) >= 11 is 0. The van der Waals surface area contributed by atoms with Crippen LogP contribution in [-0.4, -0.2) is 40.0 Å². The lowest BCUT2D eigenvalue weighted by molar-refractivity contribution is -0.142. The molecule has 2 aromatic rings. The van der Waals surface area contributed by atoms with Crippen LogP contribution >= 0.6 is 12.4 Å². The molecule has 7 heteroatoms. The van der Waals surface area contributed by atoms with Gasteiger partial charge in [-0.3, -0.25) is 24.8 Å². The number of nitrogen functional groups attached to an aromatic ring is 1. The van der Waals surface area contributed by atoms with Gasteiger partial charge in [0.25, 0.3) is 0 Å². The van der Waals surface area contributed by atoms with Gasteiger partial charge < -0.3 is 5.73 Å². The number of amides is 2. The number of nitrogens with one attached hydrogen (secondary N) is 1. The number of fused-ring (bicyclic) bond motifs is 3. The molecule has 156 valence electrons. The number of benzene rings is 2. The van der Waals surface area contributed by atoms with E-state index in [2.05, 4.69) is 4.90 Å². The molecule has 0 spiro atoms. The predicted octanol–water partition coefficient (Wildman–Crippen LogP) is 2.71. The van der Waals surface area contributed by atoms with E-state index in [1.54, 1.807) is 0 Å². The third-order valence-electron chi connectivity index (χ3n) is 6.69. The van der Waals surface area contributed by atoms with Crippen molar-refractivity contribution in [2.24, 2.45) is 17.6 Å². The Bertz CT molecular complexity index is 978. The van der Waals surface area contributed by atoms with Gasteiger partial charge in [-0.15, -0.1) is 12.4 Å². The van der Waals surface area contributed by atoms with E-state index in [1.807, 2.05) is 54.6 Å². The molecular weight excluding hydrogens is 400 g/mol. The Morgan fingerprint density at radius 2 is 1.67 bits per heavy atom. The Labute approximate surface area is 182 Å². The third-order valence-corrected chi connectivity index (χ3v) is 6.69. The summed E-state index contributed by atoms with van der Waals surface area (Å²) in [6, 6.07) is 17.3. The average molecular weight is 425 g/mol. The smallest absolute Gasteiger partial charge is 0.235 e. The van der Waals surface area contributed by atoms with Crippen LogP contribution in [0.2, 0.25) is 0 Å². The highest BCUT2D eigenvalue weighted by atomic mass is 35.5. The Kier molecular flexibility index (Phi) is 5.38. The van der Waals surface area contributed by atoms with Crippen molar-refractivity contribution in [1.82, 2.24) is 9.80 Å². The van der Waals surface area contributed by atoms with Crippen molar-refractivity contribution in [2.45, 2.75) is 31.5 Å². The number of carbonyl (C=O) groups excluding carboxylic acids is 2. The normalized spacial score (nSPS) is 27.7. The van der Waals surface area contributed by atoms with Crippen LogP contribution in [0.4, 0.5) is 0 Å². The number of nitrogens with two attached hydrogens (primary N) is 1. The van der Waals surface area contributed by atoms with Gasteiger partial charge in [-0.2, -0.15) is 0 Å². The molecule has 3 unspecified atom stereocenters. The molecule has 0 bridgehead atoms. The molecule has 4 atom stereocenters. The molecule has 0 saturated carbocycles. The van der Waals surface area contributed by atoms with E-state index in [0.717, 1.165) is 30.5 Å². The van der Waals surface area contributed by atoms with Crippen molar-refractivity contribution >= 4 is 30.1 Å². The zero-order chi connectivity index (χ0) is 20.1. The number of halogens is 1. The van der Waals surface area contributed by atoms with Gasteiger partial charge in [0.15, 0.2) is 0 Å². The third kappa shape index (κ3) is 3.11. The van der Waals surface area contributed by atoms with Crippen LogP contribution in [0.3, 0.4) is 0 Å². The van der Waals surface area contributed by atoms with Gasteiger partial charge in [0.1, 0.15) is 5.84 Å². The van der Waals surface area contributed by atoms with E-state index < -0.39 is 0 Å². The van der Waals surface area contributed by atoms with Crippen LogP contribution in [0, 0.1) is 17.2 Å². The summed E-state index contributed by atoms with van der Waals surface area (Å²) in [6.07, 6.45) is 2.01. The number of amidine groups is 1. The molecule has 3 heterocycles. The number of imide groups is 1. The summed E-state index contributed by atoms with van der Waals surface area (Å²) in [6.45, 7) is 1.25. The van der Waals surface area contributed by atoms with Crippen molar-refractivity contribution in [3.63, 3.8) is 0 Å². The standard InChI is InChI=1S/C23H24N4O2.ClH/c24-21(25)16-10-8-15(9-11-16)20-19-18(17-7-4-12-26(17)20)22(28)27(23(19)29)13-14-5-2-1-3-6-14;/h1-3,5-6,8-11,17-20H,4,7,12-13H2,(H3,24,25);1H/t17?,18?,19?,20-;/m0./s1. The molecule has 3 saturated heterocycles. The van der Waals surface area contributed by atoms with Crippen LogP contribution in [0.1, 0.15) is 35.6 Å². The summed E-state index contributed by atoms with van der Waals surface area (Å²) in [5, 5.41) is 7.60. The molecule has 30 heavy (non-hydrogen) atoms. The maximum Gasteiger partial charge on any atom is 0.235 e. The molecule has 0 aromatic heterocycles. The van der Waals surface area contributed by atoms with Gasteiger partial charge >= 0.3 is 0 Å². The molecule has 3 aliphatic heterocycles. The summed E-state index contributed by atoms with van der Waals surface area (Å²) in [5.41, 5.74) is 8.25. The SMILES string of the molecule is Cl.N=C(N)c1ccc([C@H]2C3C(=O)N(Cc4ccccc4)C(=O)C3C3CCCN32)cc1. The molecule has 0 aliphatic carbocycles. The summed E-state index contributed by atoms with van der Waals surface area (Å²) < 4.78 is 0.